The van der Waals surface area contributed by atoms with Crippen molar-refractivity contribution in [3.8, 4) is 0 Å². The van der Waals surface area contributed by atoms with Crippen LogP contribution in [0.5, 0.6) is 0 Å². The summed E-state index contributed by atoms with van der Waals surface area (Å²) < 4.78 is 4.84. The van der Waals surface area contributed by atoms with Crippen LogP contribution in [-0.4, -0.2) is 27.0 Å². The number of ether oxygens (including phenoxy) is 1. The Bertz CT molecular complexity index is 473. The first-order valence-corrected chi connectivity index (χ1v) is 3.72. The van der Waals surface area contributed by atoms with Gasteiger partial charge in [-0.25, -0.2) is 9.97 Å². The Labute approximate surface area is 73.0 Å². The van der Waals surface area contributed by atoms with Gasteiger partial charge in [0.15, 0.2) is 11.2 Å². The average Bonchev–Trinajstić information content (AvgIpc) is 2.53. The quantitative estimate of drug-likeness (QED) is 0.669. The zero-order valence-corrected chi connectivity index (χ0v) is 7.00. The number of hydrogen-bond donors (Lipinski definition) is 2. The van der Waals surface area contributed by atoms with E-state index in [0.717, 1.165) is 0 Å². The Balaban J connectivity index is 2.63. The Morgan fingerprint density at radius 1 is 1.62 bits per heavy atom. The van der Waals surface area contributed by atoms with E-state index in [1.54, 1.807) is 0 Å². The third kappa shape index (κ3) is 1.31. The van der Waals surface area contributed by atoms with Crippen molar-refractivity contribution in [3.63, 3.8) is 0 Å². The van der Waals surface area contributed by atoms with Gasteiger partial charge >= 0.3 is 0 Å². The first-order chi connectivity index (χ1) is 6.31. The van der Waals surface area contributed by atoms with E-state index in [2.05, 4.69) is 19.9 Å². The fourth-order valence-electron chi connectivity index (χ4n) is 1.09. The standard InChI is InChI=1S/C7H8N4O2/c1-13-2-4-10-6-5(7(12)11-4)8-3-9-6/h3H,2H2,1H3,(H2,8,9,10,11,12). The third-order valence-corrected chi connectivity index (χ3v) is 1.63. The van der Waals surface area contributed by atoms with E-state index in [9.17, 15) is 4.79 Å². The molecule has 0 unspecified atom stereocenters. The maximum Gasteiger partial charge on any atom is 0.277 e. The van der Waals surface area contributed by atoms with Gasteiger partial charge in [0, 0.05) is 7.11 Å². The molecule has 2 aromatic rings. The molecule has 6 nitrogen and oxygen atoms in total. The minimum absolute atomic E-state index is 0.227. The van der Waals surface area contributed by atoms with Gasteiger partial charge in [-0.1, -0.05) is 0 Å². The molecule has 2 heterocycles. The van der Waals surface area contributed by atoms with Crippen molar-refractivity contribution in [1.29, 1.82) is 0 Å². The molecule has 2 N–H and O–H groups in total. The van der Waals surface area contributed by atoms with Gasteiger partial charge in [-0.15, -0.1) is 0 Å². The Morgan fingerprint density at radius 3 is 3.23 bits per heavy atom. The Kier molecular flexibility index (Phi) is 1.82. The lowest BCUT2D eigenvalue weighted by Crippen LogP contribution is -2.12. The summed E-state index contributed by atoms with van der Waals surface area (Å²) in [6.07, 6.45) is 1.43. The number of methoxy groups -OCH3 is 1. The summed E-state index contributed by atoms with van der Waals surface area (Å²) in [6.45, 7) is 0.276. The molecular formula is C7H8N4O2. The second-order valence-electron chi connectivity index (χ2n) is 2.55. The highest BCUT2D eigenvalue weighted by Gasteiger charge is 2.04. The molecule has 0 saturated carbocycles. The SMILES string of the molecule is COCc1nc2nc[nH]c2c(=O)[nH]1. The molecule has 13 heavy (non-hydrogen) atoms. The molecule has 0 aliphatic rings. The minimum Gasteiger partial charge on any atom is -0.377 e. The van der Waals surface area contributed by atoms with Crippen LogP contribution >= 0.6 is 0 Å². The van der Waals surface area contributed by atoms with Gasteiger partial charge < -0.3 is 14.7 Å². The maximum absolute atomic E-state index is 11.3. The summed E-state index contributed by atoms with van der Waals surface area (Å²) in [4.78, 5) is 24.5. The lowest BCUT2D eigenvalue weighted by Gasteiger charge is -1.96. The van der Waals surface area contributed by atoms with Gasteiger partial charge in [-0.2, -0.15) is 0 Å². The van der Waals surface area contributed by atoms with Gasteiger partial charge in [-0.3, -0.25) is 4.79 Å². The molecule has 0 bridgehead atoms. The van der Waals surface area contributed by atoms with Gasteiger partial charge in [0.1, 0.15) is 12.4 Å². The molecule has 2 rings (SSSR count). The lowest BCUT2D eigenvalue weighted by atomic mass is 10.5. The normalized spacial score (nSPS) is 10.8. The van der Waals surface area contributed by atoms with Crippen molar-refractivity contribution in [2.75, 3.05) is 7.11 Å². The number of nitrogens with zero attached hydrogens (tertiary/aromatic N) is 2. The van der Waals surface area contributed by atoms with Crippen molar-refractivity contribution < 1.29 is 4.74 Å². The van der Waals surface area contributed by atoms with Crippen LogP contribution in [0.1, 0.15) is 5.82 Å². The van der Waals surface area contributed by atoms with E-state index in [1.807, 2.05) is 0 Å². The topological polar surface area (TPSA) is 83.7 Å². The average molecular weight is 180 g/mol. The highest BCUT2D eigenvalue weighted by molar-refractivity contribution is 5.67. The molecule has 0 atom stereocenters. The van der Waals surface area contributed by atoms with Gasteiger partial charge in [-0.05, 0) is 0 Å². The summed E-state index contributed by atoms with van der Waals surface area (Å²) >= 11 is 0. The van der Waals surface area contributed by atoms with Crippen LogP contribution in [0.2, 0.25) is 0 Å². The number of rotatable bonds is 2. The van der Waals surface area contributed by atoms with Crippen LogP contribution in [-0.2, 0) is 11.3 Å². The first-order valence-electron chi connectivity index (χ1n) is 3.72. The van der Waals surface area contributed by atoms with Crippen molar-refractivity contribution in [3.05, 3.63) is 22.5 Å². The smallest absolute Gasteiger partial charge is 0.277 e. The number of nitrogens with one attached hydrogen (secondary N) is 2. The molecule has 0 spiro atoms. The van der Waals surface area contributed by atoms with E-state index in [1.165, 1.54) is 13.4 Å². The number of H-pyrrole nitrogens is 2. The van der Waals surface area contributed by atoms with Crippen LogP contribution in [0.15, 0.2) is 11.1 Å². The van der Waals surface area contributed by atoms with Crippen molar-refractivity contribution in [2.45, 2.75) is 6.61 Å². The second-order valence-corrected chi connectivity index (χ2v) is 2.55. The number of fused-ring (bicyclic) bond motifs is 1. The summed E-state index contributed by atoms with van der Waals surface area (Å²) in [7, 11) is 1.54. The molecule has 0 aromatic carbocycles. The molecular weight excluding hydrogens is 172 g/mol. The van der Waals surface area contributed by atoms with Gasteiger partial charge in [0.2, 0.25) is 0 Å². The van der Waals surface area contributed by atoms with Crippen molar-refractivity contribution in [1.82, 2.24) is 19.9 Å². The largest absolute Gasteiger partial charge is 0.377 e. The molecule has 0 amide bonds. The summed E-state index contributed by atoms with van der Waals surface area (Å²) in [5.74, 6) is 0.479. The number of aromatic amines is 2. The fourth-order valence-corrected chi connectivity index (χ4v) is 1.09. The fraction of sp³-hybridized carbons (Fsp3) is 0.286. The first kappa shape index (κ1) is 7.93. The maximum atomic E-state index is 11.3. The highest BCUT2D eigenvalue weighted by Crippen LogP contribution is 1.99. The monoisotopic (exact) mass is 180 g/mol. The molecule has 0 aliphatic heterocycles. The molecule has 0 fully saturated rings. The van der Waals surface area contributed by atoms with E-state index in [0.29, 0.717) is 17.0 Å². The Hall–Kier alpha value is -1.69. The molecule has 0 aliphatic carbocycles. The predicted molar refractivity (Wildman–Crippen MR) is 45.2 cm³/mol. The predicted octanol–water partition coefficient (Wildman–Crippen LogP) is -0.207. The van der Waals surface area contributed by atoms with Crippen molar-refractivity contribution in [2.24, 2.45) is 0 Å². The van der Waals surface area contributed by atoms with Crippen LogP contribution in [0.3, 0.4) is 0 Å². The number of imidazole rings is 1. The number of hydrogen-bond acceptors (Lipinski definition) is 4. The number of aromatic nitrogens is 4. The van der Waals surface area contributed by atoms with E-state index >= 15 is 0 Å². The molecule has 2 aromatic heterocycles. The molecule has 68 valence electrons. The zero-order chi connectivity index (χ0) is 9.26. The molecule has 6 heteroatoms. The van der Waals surface area contributed by atoms with E-state index in [-0.39, 0.29) is 12.2 Å². The molecule has 0 radical (unpaired) electrons. The van der Waals surface area contributed by atoms with Gasteiger partial charge in [0.25, 0.3) is 5.56 Å². The summed E-state index contributed by atoms with van der Waals surface area (Å²) in [5, 5.41) is 0. The van der Waals surface area contributed by atoms with E-state index in [4.69, 9.17) is 4.74 Å². The van der Waals surface area contributed by atoms with Crippen LogP contribution in [0, 0.1) is 0 Å². The molecule has 0 saturated heterocycles. The lowest BCUT2D eigenvalue weighted by molar-refractivity contribution is 0.178. The van der Waals surface area contributed by atoms with E-state index < -0.39 is 0 Å². The summed E-state index contributed by atoms with van der Waals surface area (Å²) in [5.41, 5.74) is 0.574. The second kappa shape index (κ2) is 2.98. The van der Waals surface area contributed by atoms with Gasteiger partial charge in [0.05, 0.1) is 6.33 Å². The zero-order valence-electron chi connectivity index (χ0n) is 7.00. The third-order valence-electron chi connectivity index (χ3n) is 1.63. The highest BCUT2D eigenvalue weighted by atomic mass is 16.5. The van der Waals surface area contributed by atoms with Crippen molar-refractivity contribution >= 4 is 11.2 Å². The van der Waals surface area contributed by atoms with Crippen LogP contribution in [0.4, 0.5) is 0 Å². The Morgan fingerprint density at radius 2 is 2.46 bits per heavy atom. The van der Waals surface area contributed by atoms with Crippen LogP contribution in [0.25, 0.3) is 11.2 Å². The van der Waals surface area contributed by atoms with Crippen LogP contribution < -0.4 is 5.56 Å². The summed E-state index contributed by atoms with van der Waals surface area (Å²) in [6, 6.07) is 0. The minimum atomic E-state index is -0.227.